The van der Waals surface area contributed by atoms with Gasteiger partial charge in [-0.25, -0.2) is 0 Å². The molecule has 1 heteroatoms. The molecule has 0 fully saturated rings. The molecule has 0 spiro atoms. The van der Waals surface area contributed by atoms with Crippen molar-refractivity contribution in [2.24, 2.45) is 5.92 Å². The van der Waals surface area contributed by atoms with E-state index in [1.165, 1.54) is 17.6 Å². The van der Waals surface area contributed by atoms with Crippen molar-refractivity contribution in [2.75, 3.05) is 0 Å². The van der Waals surface area contributed by atoms with Gasteiger partial charge in [-0.05, 0) is 58.3 Å². The average Bonchev–Trinajstić information content (AvgIpc) is 2.27. The van der Waals surface area contributed by atoms with Gasteiger partial charge in [0.05, 0.1) is 6.10 Å². The standard InChI is InChI=1S/C15H26O/c1-12-6-4-5-7-13(2)9-11-15(16)14(3)10-8-12/h6-7,14-16H,4-5,8-11H2,1-3H3/b12-6-,13-7-. The van der Waals surface area contributed by atoms with E-state index in [4.69, 9.17) is 0 Å². The molecule has 2 atom stereocenters. The first-order chi connectivity index (χ1) is 7.59. The first kappa shape index (κ1) is 13.5. The van der Waals surface area contributed by atoms with Crippen LogP contribution in [0, 0.1) is 5.92 Å². The quantitative estimate of drug-likeness (QED) is 0.608. The number of aliphatic hydroxyl groups is 1. The molecule has 0 saturated carbocycles. The van der Waals surface area contributed by atoms with Crippen LogP contribution in [0.5, 0.6) is 0 Å². The van der Waals surface area contributed by atoms with Crippen molar-refractivity contribution in [1.82, 2.24) is 0 Å². The number of rotatable bonds is 0. The Morgan fingerprint density at radius 3 is 2.06 bits per heavy atom. The van der Waals surface area contributed by atoms with Crippen molar-refractivity contribution in [1.29, 1.82) is 0 Å². The lowest BCUT2D eigenvalue weighted by Crippen LogP contribution is -2.17. The SMILES string of the molecule is C/C1=C/CC/C=C(/C)CCC(O)C(C)CC1. The lowest BCUT2D eigenvalue weighted by atomic mass is 9.91. The Kier molecular flexibility index (Phi) is 5.83. The maximum Gasteiger partial charge on any atom is 0.0568 e. The van der Waals surface area contributed by atoms with Crippen molar-refractivity contribution < 1.29 is 5.11 Å². The van der Waals surface area contributed by atoms with Gasteiger partial charge in [0.1, 0.15) is 0 Å². The minimum Gasteiger partial charge on any atom is -0.393 e. The third kappa shape index (κ3) is 4.98. The van der Waals surface area contributed by atoms with E-state index in [2.05, 4.69) is 32.9 Å². The van der Waals surface area contributed by atoms with Crippen LogP contribution in [0.2, 0.25) is 0 Å². The van der Waals surface area contributed by atoms with E-state index in [1.54, 1.807) is 0 Å². The molecule has 0 saturated heterocycles. The summed E-state index contributed by atoms with van der Waals surface area (Å²) in [4.78, 5) is 0. The molecule has 0 bridgehead atoms. The van der Waals surface area contributed by atoms with Gasteiger partial charge in [0, 0.05) is 0 Å². The van der Waals surface area contributed by atoms with Crippen LogP contribution in [0.3, 0.4) is 0 Å². The van der Waals surface area contributed by atoms with Gasteiger partial charge in [0.15, 0.2) is 0 Å². The van der Waals surface area contributed by atoms with Crippen molar-refractivity contribution in [3.8, 4) is 0 Å². The van der Waals surface area contributed by atoms with Crippen LogP contribution in [0.15, 0.2) is 23.3 Å². The van der Waals surface area contributed by atoms with Gasteiger partial charge < -0.3 is 5.11 Å². The van der Waals surface area contributed by atoms with Crippen molar-refractivity contribution >= 4 is 0 Å². The summed E-state index contributed by atoms with van der Waals surface area (Å²) in [6.45, 7) is 6.56. The van der Waals surface area contributed by atoms with E-state index in [-0.39, 0.29) is 6.10 Å². The summed E-state index contributed by atoms with van der Waals surface area (Å²) in [6, 6.07) is 0. The van der Waals surface area contributed by atoms with Crippen LogP contribution < -0.4 is 0 Å². The molecule has 1 rings (SSSR count). The van der Waals surface area contributed by atoms with Crippen LogP contribution in [0.4, 0.5) is 0 Å². The molecule has 1 nitrogen and oxygen atoms in total. The summed E-state index contributed by atoms with van der Waals surface area (Å²) in [6.07, 6.45) is 11.1. The van der Waals surface area contributed by atoms with E-state index >= 15 is 0 Å². The monoisotopic (exact) mass is 222 g/mol. The highest BCUT2D eigenvalue weighted by Crippen LogP contribution is 2.21. The van der Waals surface area contributed by atoms with Gasteiger partial charge in [-0.15, -0.1) is 0 Å². The normalized spacial score (nSPS) is 36.2. The fourth-order valence-electron chi connectivity index (χ4n) is 2.17. The molecule has 0 aromatic carbocycles. The summed E-state index contributed by atoms with van der Waals surface area (Å²) in [5.41, 5.74) is 2.91. The molecular formula is C15H26O. The summed E-state index contributed by atoms with van der Waals surface area (Å²) >= 11 is 0. The zero-order valence-electron chi connectivity index (χ0n) is 11.0. The number of allylic oxidation sites excluding steroid dienone is 4. The maximum absolute atomic E-state index is 10.0. The summed E-state index contributed by atoms with van der Waals surface area (Å²) in [5.74, 6) is 0.426. The first-order valence-corrected chi connectivity index (χ1v) is 6.59. The minimum absolute atomic E-state index is 0.129. The van der Waals surface area contributed by atoms with Crippen LogP contribution in [-0.4, -0.2) is 11.2 Å². The third-order valence-electron chi connectivity index (χ3n) is 3.64. The van der Waals surface area contributed by atoms with E-state index < -0.39 is 0 Å². The Balaban J connectivity index is 2.61. The Labute approximate surface area is 100 Å². The molecule has 1 aliphatic carbocycles. The van der Waals surface area contributed by atoms with Gasteiger partial charge in [0.2, 0.25) is 0 Å². The second-order valence-electron chi connectivity index (χ2n) is 5.30. The van der Waals surface area contributed by atoms with Gasteiger partial charge in [0.25, 0.3) is 0 Å². The summed E-state index contributed by atoms with van der Waals surface area (Å²) in [7, 11) is 0. The Morgan fingerprint density at radius 2 is 1.50 bits per heavy atom. The van der Waals surface area contributed by atoms with Gasteiger partial charge >= 0.3 is 0 Å². The summed E-state index contributed by atoms with van der Waals surface area (Å²) in [5, 5.41) is 10.0. The zero-order chi connectivity index (χ0) is 12.0. The molecule has 0 aliphatic heterocycles. The van der Waals surface area contributed by atoms with E-state index in [1.807, 2.05) is 0 Å². The molecule has 2 unspecified atom stereocenters. The van der Waals surface area contributed by atoms with Crippen LogP contribution in [0.25, 0.3) is 0 Å². The first-order valence-electron chi connectivity index (χ1n) is 6.59. The molecule has 0 aromatic rings. The second kappa shape index (κ2) is 6.90. The fraction of sp³-hybridized carbons (Fsp3) is 0.733. The number of hydrogen-bond donors (Lipinski definition) is 1. The van der Waals surface area contributed by atoms with Crippen molar-refractivity contribution in [3.05, 3.63) is 23.3 Å². The average molecular weight is 222 g/mol. The Bertz CT molecular complexity index is 235. The number of aliphatic hydroxyl groups excluding tert-OH is 1. The van der Waals surface area contributed by atoms with Crippen LogP contribution >= 0.6 is 0 Å². The zero-order valence-corrected chi connectivity index (χ0v) is 11.0. The minimum atomic E-state index is -0.129. The van der Waals surface area contributed by atoms with E-state index in [9.17, 15) is 5.11 Å². The molecule has 0 heterocycles. The Morgan fingerprint density at radius 1 is 1.00 bits per heavy atom. The largest absolute Gasteiger partial charge is 0.393 e. The molecule has 0 aromatic heterocycles. The van der Waals surface area contributed by atoms with Crippen LogP contribution in [0.1, 0.15) is 59.3 Å². The fourth-order valence-corrected chi connectivity index (χ4v) is 2.17. The molecule has 92 valence electrons. The highest BCUT2D eigenvalue weighted by Gasteiger charge is 2.14. The van der Waals surface area contributed by atoms with Gasteiger partial charge in [-0.3, -0.25) is 0 Å². The van der Waals surface area contributed by atoms with E-state index in [0.717, 1.165) is 32.1 Å². The molecule has 16 heavy (non-hydrogen) atoms. The van der Waals surface area contributed by atoms with Crippen molar-refractivity contribution in [3.63, 3.8) is 0 Å². The highest BCUT2D eigenvalue weighted by molar-refractivity contribution is 5.03. The predicted molar refractivity (Wildman–Crippen MR) is 70.4 cm³/mol. The topological polar surface area (TPSA) is 20.2 Å². The third-order valence-corrected chi connectivity index (χ3v) is 3.64. The maximum atomic E-state index is 10.0. The lowest BCUT2D eigenvalue weighted by molar-refractivity contribution is 0.103. The highest BCUT2D eigenvalue weighted by atomic mass is 16.3. The molecule has 0 amide bonds. The van der Waals surface area contributed by atoms with E-state index in [0.29, 0.717) is 5.92 Å². The molecular weight excluding hydrogens is 196 g/mol. The molecule has 1 aliphatic rings. The summed E-state index contributed by atoms with van der Waals surface area (Å²) < 4.78 is 0. The van der Waals surface area contributed by atoms with Crippen LogP contribution in [-0.2, 0) is 0 Å². The van der Waals surface area contributed by atoms with Crippen molar-refractivity contribution in [2.45, 2.75) is 65.4 Å². The lowest BCUT2D eigenvalue weighted by Gasteiger charge is -2.19. The van der Waals surface area contributed by atoms with Gasteiger partial charge in [-0.2, -0.15) is 0 Å². The number of hydrogen-bond acceptors (Lipinski definition) is 1. The Hall–Kier alpha value is -0.560. The smallest absolute Gasteiger partial charge is 0.0568 e. The second-order valence-corrected chi connectivity index (χ2v) is 5.30. The molecule has 0 radical (unpaired) electrons. The van der Waals surface area contributed by atoms with Gasteiger partial charge in [-0.1, -0.05) is 30.2 Å². The molecule has 1 N–H and O–H groups in total. The predicted octanol–water partition coefficient (Wildman–Crippen LogP) is 4.23.